The van der Waals surface area contributed by atoms with E-state index in [4.69, 9.17) is 10.3 Å². The summed E-state index contributed by atoms with van der Waals surface area (Å²) in [5, 5.41) is 3.89. The monoisotopic (exact) mass is 300 g/mol. The number of halogens is 1. The minimum Gasteiger partial charge on any atom is -0.380 e. The number of nitrogen functional groups attached to an aromatic ring is 1. The maximum Gasteiger partial charge on any atom is 0.186 e. The second-order valence-corrected chi connectivity index (χ2v) is 6.33. The normalized spacial score (nSPS) is 13.6. The summed E-state index contributed by atoms with van der Waals surface area (Å²) >= 11 is 1.74. The third-order valence-electron chi connectivity index (χ3n) is 3.82. The maximum absolute atomic E-state index is 13.1. The number of nitrogens with two attached hydrogens (primary N) is 1. The lowest BCUT2D eigenvalue weighted by Gasteiger charge is -2.01. The van der Waals surface area contributed by atoms with Crippen LogP contribution >= 0.6 is 11.3 Å². The number of rotatable bonds is 2. The van der Waals surface area contributed by atoms with Crippen molar-refractivity contribution in [3.63, 3.8) is 0 Å². The van der Waals surface area contributed by atoms with Crippen LogP contribution in [0.3, 0.4) is 0 Å². The van der Waals surface area contributed by atoms with E-state index in [0.29, 0.717) is 11.6 Å². The number of nitrogens with zero attached hydrogens (tertiary/aromatic N) is 1. The van der Waals surface area contributed by atoms with E-state index in [-0.39, 0.29) is 5.82 Å². The first-order valence-corrected chi connectivity index (χ1v) is 7.67. The molecule has 1 aromatic carbocycles. The molecule has 4 rings (SSSR count). The fourth-order valence-electron chi connectivity index (χ4n) is 2.81. The zero-order valence-corrected chi connectivity index (χ0v) is 12.0. The van der Waals surface area contributed by atoms with Gasteiger partial charge in [0.2, 0.25) is 0 Å². The van der Waals surface area contributed by atoms with Gasteiger partial charge in [-0.25, -0.2) is 4.39 Å². The van der Waals surface area contributed by atoms with Crippen LogP contribution in [-0.4, -0.2) is 5.16 Å². The van der Waals surface area contributed by atoms with Gasteiger partial charge >= 0.3 is 0 Å². The smallest absolute Gasteiger partial charge is 0.186 e. The summed E-state index contributed by atoms with van der Waals surface area (Å²) in [7, 11) is 0. The van der Waals surface area contributed by atoms with Crippen LogP contribution in [0.5, 0.6) is 0 Å². The van der Waals surface area contributed by atoms with Gasteiger partial charge in [0.15, 0.2) is 11.6 Å². The number of hydrogen-bond acceptors (Lipinski definition) is 4. The first-order valence-electron chi connectivity index (χ1n) is 6.85. The molecule has 0 saturated carbocycles. The summed E-state index contributed by atoms with van der Waals surface area (Å²) in [6.07, 6.45) is 3.49. The highest BCUT2D eigenvalue weighted by atomic mass is 32.1. The zero-order valence-electron chi connectivity index (χ0n) is 11.2. The van der Waals surface area contributed by atoms with Gasteiger partial charge < -0.3 is 10.3 Å². The van der Waals surface area contributed by atoms with Crippen LogP contribution in [0.1, 0.15) is 16.9 Å². The molecule has 5 heteroatoms. The summed E-state index contributed by atoms with van der Waals surface area (Å²) in [5.74, 6) is 0.745. The van der Waals surface area contributed by atoms with E-state index < -0.39 is 0 Å². The Kier molecular flexibility index (Phi) is 2.82. The number of benzene rings is 1. The van der Waals surface area contributed by atoms with Gasteiger partial charge in [-0.3, -0.25) is 0 Å². The third-order valence-corrected chi connectivity index (χ3v) is 5.06. The van der Waals surface area contributed by atoms with Gasteiger partial charge in [0.05, 0.1) is 10.4 Å². The Hall–Kier alpha value is -2.14. The molecule has 3 aromatic rings. The topological polar surface area (TPSA) is 52.0 Å². The minimum absolute atomic E-state index is 0.273. The van der Waals surface area contributed by atoms with Crippen LogP contribution in [0.2, 0.25) is 0 Å². The molecule has 0 bridgehead atoms. The van der Waals surface area contributed by atoms with Gasteiger partial charge in [-0.2, -0.15) is 0 Å². The van der Waals surface area contributed by atoms with Gasteiger partial charge in [0.1, 0.15) is 5.82 Å². The molecule has 0 spiro atoms. The molecule has 0 unspecified atom stereocenters. The van der Waals surface area contributed by atoms with E-state index in [9.17, 15) is 4.39 Å². The summed E-state index contributed by atoms with van der Waals surface area (Å²) in [6, 6.07) is 8.39. The predicted molar refractivity (Wildman–Crippen MR) is 81.6 cm³/mol. The van der Waals surface area contributed by atoms with E-state index in [1.807, 2.05) is 0 Å². The molecule has 21 heavy (non-hydrogen) atoms. The fourth-order valence-corrected chi connectivity index (χ4v) is 4.04. The maximum atomic E-state index is 13.1. The molecule has 2 heterocycles. The standard InChI is InChI=1S/C16H13FN2OS/c17-11-6-4-9(5-7-11)14-15(20-19-16(14)18)13-8-10-2-1-3-12(10)21-13/h4-8H,1-3H2,(H2,18,19). The lowest BCUT2D eigenvalue weighted by Crippen LogP contribution is -1.88. The molecular weight excluding hydrogens is 287 g/mol. The molecule has 0 fully saturated rings. The second-order valence-electron chi connectivity index (χ2n) is 5.19. The zero-order chi connectivity index (χ0) is 14.4. The van der Waals surface area contributed by atoms with Gasteiger partial charge in [0, 0.05) is 4.88 Å². The number of fused-ring (bicyclic) bond motifs is 1. The molecule has 106 valence electrons. The number of aromatic nitrogens is 1. The van der Waals surface area contributed by atoms with Crippen molar-refractivity contribution in [2.24, 2.45) is 0 Å². The van der Waals surface area contributed by atoms with Crippen molar-refractivity contribution >= 4 is 17.2 Å². The van der Waals surface area contributed by atoms with Crippen molar-refractivity contribution < 1.29 is 8.91 Å². The Morgan fingerprint density at radius 1 is 1.19 bits per heavy atom. The van der Waals surface area contributed by atoms with Crippen molar-refractivity contribution in [2.75, 3.05) is 5.73 Å². The molecule has 1 aliphatic carbocycles. The number of anilines is 1. The third kappa shape index (κ3) is 2.05. The molecule has 1 aliphatic rings. The number of aryl methyl sites for hydroxylation is 2. The van der Waals surface area contributed by atoms with Crippen LogP contribution < -0.4 is 5.73 Å². The summed E-state index contributed by atoms with van der Waals surface area (Å²) in [5.41, 5.74) is 8.91. The van der Waals surface area contributed by atoms with Gasteiger partial charge in [-0.15, -0.1) is 11.3 Å². The van der Waals surface area contributed by atoms with Gasteiger partial charge in [-0.05, 0) is 48.6 Å². The quantitative estimate of drug-likeness (QED) is 0.768. The molecule has 2 N–H and O–H groups in total. The fraction of sp³-hybridized carbons (Fsp3) is 0.188. The molecule has 3 nitrogen and oxygen atoms in total. The average molecular weight is 300 g/mol. The molecular formula is C16H13FN2OS. The van der Waals surface area contributed by atoms with Crippen LogP contribution in [0.4, 0.5) is 10.2 Å². The molecule has 0 radical (unpaired) electrons. The van der Waals surface area contributed by atoms with Crippen LogP contribution in [0.25, 0.3) is 21.8 Å². The molecule has 0 atom stereocenters. The lowest BCUT2D eigenvalue weighted by atomic mass is 10.0. The molecule has 0 aliphatic heterocycles. The average Bonchev–Trinajstić information content (AvgIpc) is 3.13. The highest BCUT2D eigenvalue weighted by molar-refractivity contribution is 7.15. The highest BCUT2D eigenvalue weighted by Crippen LogP contribution is 2.42. The number of hydrogen-bond donors (Lipinski definition) is 1. The van der Waals surface area contributed by atoms with Gasteiger partial charge in [-0.1, -0.05) is 17.3 Å². The summed E-state index contributed by atoms with van der Waals surface area (Å²) in [6.45, 7) is 0. The largest absolute Gasteiger partial charge is 0.380 e. The van der Waals surface area contributed by atoms with E-state index in [1.165, 1.54) is 29.0 Å². The molecule has 2 aromatic heterocycles. The lowest BCUT2D eigenvalue weighted by molar-refractivity contribution is 0.437. The Bertz CT molecular complexity index is 783. The Balaban J connectivity index is 1.84. The molecule has 0 saturated heterocycles. The van der Waals surface area contributed by atoms with Crippen molar-refractivity contribution in [2.45, 2.75) is 19.3 Å². The Morgan fingerprint density at radius 2 is 2.00 bits per heavy atom. The van der Waals surface area contributed by atoms with Crippen molar-refractivity contribution in [1.29, 1.82) is 0 Å². The summed E-state index contributed by atoms with van der Waals surface area (Å²) in [4.78, 5) is 2.47. The van der Waals surface area contributed by atoms with E-state index in [2.05, 4.69) is 11.2 Å². The van der Waals surface area contributed by atoms with Crippen LogP contribution in [0.15, 0.2) is 34.9 Å². The van der Waals surface area contributed by atoms with E-state index in [0.717, 1.165) is 28.8 Å². The number of thiophene rings is 1. The van der Waals surface area contributed by atoms with Gasteiger partial charge in [0.25, 0.3) is 0 Å². The Morgan fingerprint density at radius 3 is 2.76 bits per heavy atom. The Labute approximate surface area is 125 Å². The van der Waals surface area contributed by atoms with Crippen molar-refractivity contribution in [3.05, 3.63) is 46.6 Å². The van der Waals surface area contributed by atoms with Crippen molar-refractivity contribution in [3.8, 4) is 21.8 Å². The second kappa shape index (κ2) is 4.70. The van der Waals surface area contributed by atoms with Crippen LogP contribution in [-0.2, 0) is 12.8 Å². The first kappa shape index (κ1) is 12.6. The highest BCUT2D eigenvalue weighted by Gasteiger charge is 2.22. The predicted octanol–water partition coefficient (Wildman–Crippen LogP) is 4.28. The summed E-state index contributed by atoms with van der Waals surface area (Å²) < 4.78 is 18.5. The molecule has 0 amide bonds. The minimum atomic E-state index is -0.273. The van der Waals surface area contributed by atoms with Crippen LogP contribution in [0, 0.1) is 5.82 Å². The first-order chi connectivity index (χ1) is 10.2. The van der Waals surface area contributed by atoms with E-state index in [1.54, 1.807) is 23.5 Å². The van der Waals surface area contributed by atoms with E-state index >= 15 is 0 Å². The van der Waals surface area contributed by atoms with Crippen molar-refractivity contribution in [1.82, 2.24) is 5.16 Å². The SMILES string of the molecule is Nc1noc(-c2cc3c(s2)CCC3)c1-c1ccc(F)cc1.